The number of benzene rings is 3. The van der Waals surface area contributed by atoms with Gasteiger partial charge in [0.1, 0.15) is 18.2 Å². The average Bonchev–Trinajstić information content (AvgIpc) is 2.77. The summed E-state index contributed by atoms with van der Waals surface area (Å²) in [6.07, 6.45) is 1.54. The van der Waals surface area contributed by atoms with Crippen molar-refractivity contribution in [1.29, 1.82) is 5.26 Å². The number of nitriles is 1. The van der Waals surface area contributed by atoms with Gasteiger partial charge in [0.25, 0.3) is 5.91 Å². The molecule has 0 bridgehead atoms. The lowest BCUT2D eigenvalue weighted by Crippen LogP contribution is -2.13. The standard InChI is InChI=1S/C26H24N2O3/c1-3-30-25-16-21(12-13-24(25)31-18-20-9-5-4-6-10-20)15-22(17-27)26(29)28-23-11-7-8-19(2)14-23/h4-16H,3,18H2,1-2H3,(H,28,29)/b22-15-. The molecule has 5 heteroatoms. The van der Waals surface area contributed by atoms with Gasteiger partial charge in [0, 0.05) is 5.69 Å². The molecule has 0 aromatic heterocycles. The highest BCUT2D eigenvalue weighted by Gasteiger charge is 2.12. The van der Waals surface area contributed by atoms with Crippen LogP contribution < -0.4 is 14.8 Å². The molecule has 5 nitrogen and oxygen atoms in total. The Labute approximate surface area is 182 Å². The van der Waals surface area contributed by atoms with E-state index in [1.165, 1.54) is 6.08 Å². The Morgan fingerprint density at radius 1 is 1.00 bits per heavy atom. The average molecular weight is 412 g/mol. The molecular formula is C26H24N2O3. The molecule has 0 aliphatic carbocycles. The van der Waals surface area contributed by atoms with Gasteiger partial charge in [-0.15, -0.1) is 0 Å². The number of hydrogen-bond donors (Lipinski definition) is 1. The Hall–Kier alpha value is -4.04. The molecule has 0 radical (unpaired) electrons. The van der Waals surface area contributed by atoms with Crippen LogP contribution in [-0.4, -0.2) is 12.5 Å². The van der Waals surface area contributed by atoms with E-state index in [-0.39, 0.29) is 5.57 Å². The van der Waals surface area contributed by atoms with Crippen molar-refractivity contribution in [3.63, 3.8) is 0 Å². The van der Waals surface area contributed by atoms with Crippen molar-refractivity contribution in [3.05, 3.63) is 95.1 Å². The zero-order valence-corrected chi connectivity index (χ0v) is 17.6. The Bertz CT molecular complexity index is 1110. The number of carbonyl (C=O) groups excluding carboxylic acids is 1. The quantitative estimate of drug-likeness (QED) is 0.391. The number of nitrogens with zero attached hydrogens (tertiary/aromatic N) is 1. The van der Waals surface area contributed by atoms with Gasteiger partial charge in [-0.3, -0.25) is 4.79 Å². The SMILES string of the molecule is CCOc1cc(/C=C(/C#N)C(=O)Nc2cccc(C)c2)ccc1OCc1ccccc1. The minimum Gasteiger partial charge on any atom is -0.490 e. The van der Waals surface area contributed by atoms with Crippen molar-refractivity contribution in [1.82, 2.24) is 0 Å². The lowest BCUT2D eigenvalue weighted by Gasteiger charge is -2.13. The van der Waals surface area contributed by atoms with Crippen molar-refractivity contribution in [3.8, 4) is 17.6 Å². The van der Waals surface area contributed by atoms with E-state index in [0.29, 0.717) is 36.0 Å². The van der Waals surface area contributed by atoms with Crippen LogP contribution in [0.5, 0.6) is 11.5 Å². The summed E-state index contributed by atoms with van der Waals surface area (Å²) in [5.41, 5.74) is 3.39. The van der Waals surface area contributed by atoms with E-state index in [1.54, 1.807) is 24.3 Å². The normalized spacial score (nSPS) is 10.8. The van der Waals surface area contributed by atoms with Crippen LogP contribution in [0.25, 0.3) is 6.08 Å². The molecule has 156 valence electrons. The summed E-state index contributed by atoms with van der Waals surface area (Å²) in [5, 5.41) is 12.3. The van der Waals surface area contributed by atoms with Gasteiger partial charge in [0.2, 0.25) is 0 Å². The summed E-state index contributed by atoms with van der Waals surface area (Å²) in [4.78, 5) is 12.5. The molecule has 31 heavy (non-hydrogen) atoms. The van der Waals surface area contributed by atoms with Gasteiger partial charge >= 0.3 is 0 Å². The molecule has 3 rings (SSSR count). The molecule has 0 heterocycles. The fourth-order valence-corrected chi connectivity index (χ4v) is 2.97. The second-order valence-corrected chi connectivity index (χ2v) is 6.91. The van der Waals surface area contributed by atoms with E-state index >= 15 is 0 Å². The first-order chi connectivity index (χ1) is 15.1. The van der Waals surface area contributed by atoms with Crippen LogP contribution in [0.2, 0.25) is 0 Å². The van der Waals surface area contributed by atoms with Gasteiger partial charge in [-0.25, -0.2) is 0 Å². The van der Waals surface area contributed by atoms with Gasteiger partial charge in [0.05, 0.1) is 6.61 Å². The number of carbonyl (C=O) groups is 1. The lowest BCUT2D eigenvalue weighted by atomic mass is 10.1. The second-order valence-electron chi connectivity index (χ2n) is 6.91. The number of ether oxygens (including phenoxy) is 2. The highest BCUT2D eigenvalue weighted by atomic mass is 16.5. The van der Waals surface area contributed by atoms with Crippen LogP contribution in [0.1, 0.15) is 23.6 Å². The number of aryl methyl sites for hydroxylation is 1. The van der Waals surface area contributed by atoms with Crippen LogP contribution in [-0.2, 0) is 11.4 Å². The third kappa shape index (κ3) is 6.22. The third-order valence-corrected chi connectivity index (χ3v) is 4.46. The molecule has 0 aliphatic rings. The number of rotatable bonds is 8. The zero-order chi connectivity index (χ0) is 22.1. The Morgan fingerprint density at radius 3 is 2.52 bits per heavy atom. The van der Waals surface area contributed by atoms with Crippen LogP contribution in [0, 0.1) is 18.3 Å². The largest absolute Gasteiger partial charge is 0.490 e. The zero-order valence-electron chi connectivity index (χ0n) is 17.6. The van der Waals surface area contributed by atoms with E-state index in [0.717, 1.165) is 11.1 Å². The van der Waals surface area contributed by atoms with Crippen molar-refractivity contribution in [2.45, 2.75) is 20.5 Å². The number of anilines is 1. The first-order valence-corrected chi connectivity index (χ1v) is 10.0. The van der Waals surface area contributed by atoms with E-state index in [2.05, 4.69) is 5.32 Å². The minimum atomic E-state index is -0.463. The van der Waals surface area contributed by atoms with Gasteiger partial charge in [-0.05, 0) is 60.9 Å². The number of amides is 1. The predicted molar refractivity (Wildman–Crippen MR) is 122 cm³/mol. The maximum Gasteiger partial charge on any atom is 0.266 e. The van der Waals surface area contributed by atoms with Crippen LogP contribution in [0.3, 0.4) is 0 Å². The molecule has 0 unspecified atom stereocenters. The number of nitrogens with one attached hydrogen (secondary N) is 1. The van der Waals surface area contributed by atoms with Crippen molar-refractivity contribution in [2.75, 3.05) is 11.9 Å². The Morgan fingerprint density at radius 2 is 1.81 bits per heavy atom. The molecule has 3 aromatic carbocycles. The molecule has 0 saturated heterocycles. The predicted octanol–water partition coefficient (Wildman–Crippen LogP) is 5.52. The Balaban J connectivity index is 1.78. The fourth-order valence-electron chi connectivity index (χ4n) is 2.97. The van der Waals surface area contributed by atoms with E-state index in [4.69, 9.17) is 9.47 Å². The third-order valence-electron chi connectivity index (χ3n) is 4.46. The first-order valence-electron chi connectivity index (χ1n) is 10.0. The summed E-state index contributed by atoms with van der Waals surface area (Å²) in [5.74, 6) is 0.699. The van der Waals surface area contributed by atoms with Crippen molar-refractivity contribution in [2.24, 2.45) is 0 Å². The minimum absolute atomic E-state index is 0.00177. The van der Waals surface area contributed by atoms with E-state index in [1.807, 2.05) is 68.4 Å². The monoisotopic (exact) mass is 412 g/mol. The molecule has 1 N–H and O–H groups in total. The van der Waals surface area contributed by atoms with Gasteiger partial charge < -0.3 is 14.8 Å². The summed E-state index contributed by atoms with van der Waals surface area (Å²) in [6, 6.07) is 24.6. The highest BCUT2D eigenvalue weighted by molar-refractivity contribution is 6.09. The maximum absolute atomic E-state index is 12.5. The topological polar surface area (TPSA) is 71.3 Å². The van der Waals surface area contributed by atoms with Crippen molar-refractivity contribution >= 4 is 17.7 Å². The summed E-state index contributed by atoms with van der Waals surface area (Å²) in [6.45, 7) is 4.71. The Kier molecular flexibility index (Phi) is 7.45. The molecular weight excluding hydrogens is 388 g/mol. The van der Waals surface area contributed by atoms with Crippen LogP contribution in [0.15, 0.2) is 78.4 Å². The lowest BCUT2D eigenvalue weighted by molar-refractivity contribution is -0.112. The van der Waals surface area contributed by atoms with E-state index in [9.17, 15) is 10.1 Å². The summed E-state index contributed by atoms with van der Waals surface area (Å²) < 4.78 is 11.6. The van der Waals surface area contributed by atoms with Gasteiger partial charge in [-0.2, -0.15) is 5.26 Å². The van der Waals surface area contributed by atoms with Crippen molar-refractivity contribution < 1.29 is 14.3 Å². The van der Waals surface area contributed by atoms with Crippen LogP contribution >= 0.6 is 0 Å². The smallest absolute Gasteiger partial charge is 0.266 e. The fraction of sp³-hybridized carbons (Fsp3) is 0.154. The molecule has 0 aliphatic heterocycles. The van der Waals surface area contributed by atoms with Crippen LogP contribution in [0.4, 0.5) is 5.69 Å². The maximum atomic E-state index is 12.5. The van der Waals surface area contributed by atoms with Gasteiger partial charge in [0.15, 0.2) is 11.5 Å². The molecule has 3 aromatic rings. The molecule has 1 amide bonds. The van der Waals surface area contributed by atoms with E-state index < -0.39 is 5.91 Å². The second kappa shape index (κ2) is 10.7. The first kappa shape index (κ1) is 21.7. The summed E-state index contributed by atoms with van der Waals surface area (Å²) >= 11 is 0. The molecule has 0 fully saturated rings. The molecule has 0 spiro atoms. The van der Waals surface area contributed by atoms with Gasteiger partial charge in [-0.1, -0.05) is 48.5 Å². The summed E-state index contributed by atoms with van der Waals surface area (Å²) in [7, 11) is 0. The highest BCUT2D eigenvalue weighted by Crippen LogP contribution is 2.30. The number of hydrogen-bond acceptors (Lipinski definition) is 4. The molecule has 0 atom stereocenters. The molecule has 0 saturated carbocycles.